The predicted octanol–water partition coefficient (Wildman–Crippen LogP) is 2.04. The third kappa shape index (κ3) is 2.69. The number of rotatable bonds is 3. The summed E-state index contributed by atoms with van der Waals surface area (Å²) < 4.78 is 12.7. The van der Waals surface area contributed by atoms with Gasteiger partial charge in [-0.05, 0) is 31.2 Å². The normalized spacial score (nSPS) is 12.1. The number of hydrogen-bond acceptors (Lipinski definition) is 2. The zero-order valence-electron chi connectivity index (χ0n) is 9.27. The van der Waals surface area contributed by atoms with E-state index in [0.29, 0.717) is 5.56 Å². The van der Waals surface area contributed by atoms with E-state index >= 15 is 0 Å². The van der Waals surface area contributed by atoms with Crippen LogP contribution in [0.3, 0.4) is 0 Å². The van der Waals surface area contributed by atoms with Crippen molar-refractivity contribution in [2.45, 2.75) is 13.0 Å². The lowest BCUT2D eigenvalue weighted by Crippen LogP contribution is -2.26. The fraction of sp³-hybridized carbons (Fsp3) is 0.167. The van der Waals surface area contributed by atoms with E-state index in [1.807, 2.05) is 6.92 Å². The summed E-state index contributed by atoms with van der Waals surface area (Å²) >= 11 is 0. The fourth-order valence-corrected chi connectivity index (χ4v) is 1.46. The van der Waals surface area contributed by atoms with E-state index in [4.69, 9.17) is 0 Å². The van der Waals surface area contributed by atoms with Crippen LogP contribution in [0.1, 0.15) is 28.9 Å². The molecule has 4 nitrogen and oxygen atoms in total. The van der Waals surface area contributed by atoms with Gasteiger partial charge < -0.3 is 5.32 Å². The summed E-state index contributed by atoms with van der Waals surface area (Å²) in [5.74, 6) is -0.594. The van der Waals surface area contributed by atoms with Gasteiger partial charge in [0.1, 0.15) is 5.82 Å². The molecule has 2 N–H and O–H groups in total. The van der Waals surface area contributed by atoms with Crippen molar-refractivity contribution < 1.29 is 9.18 Å². The lowest BCUT2D eigenvalue weighted by atomic mass is 10.1. The molecule has 0 saturated carbocycles. The van der Waals surface area contributed by atoms with Crippen LogP contribution in [0.25, 0.3) is 0 Å². The van der Waals surface area contributed by atoms with Crippen molar-refractivity contribution in [1.82, 2.24) is 15.5 Å². The van der Waals surface area contributed by atoms with E-state index in [1.165, 1.54) is 24.3 Å². The minimum atomic E-state index is -0.357. The summed E-state index contributed by atoms with van der Waals surface area (Å²) in [5, 5.41) is 9.29. The summed E-state index contributed by atoms with van der Waals surface area (Å²) in [6.45, 7) is 1.85. The maximum atomic E-state index is 12.7. The number of aromatic nitrogens is 2. The molecule has 1 atom stereocenters. The Balaban J connectivity index is 2.04. The maximum absolute atomic E-state index is 12.7. The standard InChI is InChI=1S/C12H12FN3O/c1-8(10-6-14-15-7-10)16-12(17)9-2-4-11(13)5-3-9/h2-8H,1H3,(H,14,15)(H,16,17). The number of aromatic amines is 1. The van der Waals surface area contributed by atoms with Crippen LogP contribution < -0.4 is 5.32 Å². The monoisotopic (exact) mass is 233 g/mol. The molecule has 88 valence electrons. The highest BCUT2D eigenvalue weighted by Crippen LogP contribution is 2.11. The van der Waals surface area contributed by atoms with Crippen molar-refractivity contribution in [3.05, 3.63) is 53.6 Å². The van der Waals surface area contributed by atoms with Crippen LogP contribution in [0.2, 0.25) is 0 Å². The van der Waals surface area contributed by atoms with Crippen molar-refractivity contribution in [2.75, 3.05) is 0 Å². The number of halogens is 1. The summed E-state index contributed by atoms with van der Waals surface area (Å²) in [6.07, 6.45) is 3.37. The minimum Gasteiger partial charge on any atom is -0.345 e. The molecule has 5 heteroatoms. The van der Waals surface area contributed by atoms with Gasteiger partial charge in [0.2, 0.25) is 0 Å². The first kappa shape index (κ1) is 11.3. The zero-order chi connectivity index (χ0) is 12.3. The first-order valence-electron chi connectivity index (χ1n) is 5.22. The molecule has 0 aliphatic carbocycles. The number of hydrogen-bond donors (Lipinski definition) is 2. The van der Waals surface area contributed by atoms with Gasteiger partial charge >= 0.3 is 0 Å². The smallest absolute Gasteiger partial charge is 0.251 e. The molecule has 0 fully saturated rings. The molecule has 17 heavy (non-hydrogen) atoms. The molecule has 1 unspecified atom stereocenters. The van der Waals surface area contributed by atoms with Gasteiger partial charge in [0.25, 0.3) is 5.91 Å². The lowest BCUT2D eigenvalue weighted by molar-refractivity contribution is 0.0940. The molecule has 0 aliphatic rings. The summed E-state index contributed by atoms with van der Waals surface area (Å²) in [5.41, 5.74) is 1.32. The Hall–Kier alpha value is -2.17. The first-order chi connectivity index (χ1) is 8.16. The van der Waals surface area contributed by atoms with Gasteiger partial charge in [-0.25, -0.2) is 4.39 Å². The van der Waals surface area contributed by atoms with Crippen LogP contribution in [0.15, 0.2) is 36.7 Å². The second-order valence-electron chi connectivity index (χ2n) is 3.73. The molecule has 0 aliphatic heterocycles. The van der Waals surface area contributed by atoms with Crippen LogP contribution in [-0.4, -0.2) is 16.1 Å². The van der Waals surface area contributed by atoms with Gasteiger partial charge in [-0.1, -0.05) is 0 Å². The lowest BCUT2D eigenvalue weighted by Gasteiger charge is -2.11. The van der Waals surface area contributed by atoms with Crippen LogP contribution in [0.4, 0.5) is 4.39 Å². The second kappa shape index (κ2) is 4.78. The van der Waals surface area contributed by atoms with Crippen LogP contribution in [-0.2, 0) is 0 Å². The number of nitrogens with one attached hydrogen (secondary N) is 2. The highest BCUT2D eigenvalue weighted by molar-refractivity contribution is 5.94. The maximum Gasteiger partial charge on any atom is 0.251 e. The van der Waals surface area contributed by atoms with Crippen molar-refractivity contribution in [2.24, 2.45) is 0 Å². The van der Waals surface area contributed by atoms with E-state index in [9.17, 15) is 9.18 Å². The molecular formula is C12H12FN3O. The van der Waals surface area contributed by atoms with Crippen molar-refractivity contribution in [3.8, 4) is 0 Å². The molecule has 1 aromatic carbocycles. The number of carbonyl (C=O) groups excluding carboxylic acids is 1. The summed E-state index contributed by atoms with van der Waals surface area (Å²) in [7, 11) is 0. The molecule has 0 bridgehead atoms. The van der Waals surface area contributed by atoms with E-state index < -0.39 is 0 Å². The number of H-pyrrole nitrogens is 1. The molecule has 0 saturated heterocycles. The number of benzene rings is 1. The van der Waals surface area contributed by atoms with Crippen molar-refractivity contribution in [1.29, 1.82) is 0 Å². The highest BCUT2D eigenvalue weighted by atomic mass is 19.1. The predicted molar refractivity (Wildman–Crippen MR) is 60.9 cm³/mol. The van der Waals surface area contributed by atoms with E-state index in [2.05, 4.69) is 15.5 Å². The quantitative estimate of drug-likeness (QED) is 0.852. The Labute approximate surface area is 97.9 Å². The molecule has 0 radical (unpaired) electrons. The minimum absolute atomic E-state index is 0.147. The zero-order valence-corrected chi connectivity index (χ0v) is 9.27. The average Bonchev–Trinajstić information content (AvgIpc) is 2.83. The Bertz CT molecular complexity index is 493. The first-order valence-corrected chi connectivity index (χ1v) is 5.22. The topological polar surface area (TPSA) is 57.8 Å². The van der Waals surface area contributed by atoms with Gasteiger partial charge in [0.05, 0.1) is 12.2 Å². The average molecular weight is 233 g/mol. The number of nitrogens with zero attached hydrogens (tertiary/aromatic N) is 1. The third-order valence-corrected chi connectivity index (χ3v) is 2.47. The molecular weight excluding hydrogens is 221 g/mol. The van der Waals surface area contributed by atoms with E-state index in [-0.39, 0.29) is 17.8 Å². The number of carbonyl (C=O) groups is 1. The van der Waals surface area contributed by atoms with Crippen molar-refractivity contribution in [3.63, 3.8) is 0 Å². The molecule has 1 heterocycles. The van der Waals surface area contributed by atoms with Crippen molar-refractivity contribution >= 4 is 5.91 Å². The largest absolute Gasteiger partial charge is 0.345 e. The Morgan fingerprint density at radius 1 is 1.41 bits per heavy atom. The molecule has 1 amide bonds. The van der Waals surface area contributed by atoms with Gasteiger partial charge in [0.15, 0.2) is 0 Å². The summed E-state index contributed by atoms with van der Waals surface area (Å²) in [6, 6.07) is 5.28. The highest BCUT2D eigenvalue weighted by Gasteiger charge is 2.11. The van der Waals surface area contributed by atoms with Crippen LogP contribution in [0.5, 0.6) is 0 Å². The Kier molecular flexibility index (Phi) is 3.18. The van der Waals surface area contributed by atoms with Crippen LogP contribution in [0, 0.1) is 5.82 Å². The fourth-order valence-electron chi connectivity index (χ4n) is 1.46. The molecule has 2 aromatic rings. The summed E-state index contributed by atoms with van der Waals surface area (Å²) in [4.78, 5) is 11.8. The SMILES string of the molecule is CC(NC(=O)c1ccc(F)cc1)c1cn[nH]c1. The van der Waals surface area contributed by atoms with Gasteiger partial charge in [0, 0.05) is 17.3 Å². The number of amides is 1. The van der Waals surface area contributed by atoms with E-state index in [0.717, 1.165) is 5.56 Å². The Morgan fingerprint density at radius 3 is 2.71 bits per heavy atom. The van der Waals surface area contributed by atoms with E-state index in [1.54, 1.807) is 12.4 Å². The Morgan fingerprint density at radius 2 is 2.12 bits per heavy atom. The van der Waals surface area contributed by atoms with Gasteiger partial charge in [-0.3, -0.25) is 9.89 Å². The second-order valence-corrected chi connectivity index (χ2v) is 3.73. The molecule has 2 rings (SSSR count). The van der Waals surface area contributed by atoms with Crippen LogP contribution >= 0.6 is 0 Å². The third-order valence-electron chi connectivity index (χ3n) is 2.47. The molecule has 0 spiro atoms. The van der Waals surface area contributed by atoms with Gasteiger partial charge in [-0.15, -0.1) is 0 Å². The molecule has 1 aromatic heterocycles. The van der Waals surface area contributed by atoms with Gasteiger partial charge in [-0.2, -0.15) is 5.10 Å².